The Morgan fingerprint density at radius 2 is 1.44 bits per heavy atom. The van der Waals surface area contributed by atoms with Crippen LogP contribution in [0.25, 0.3) is 0 Å². The van der Waals surface area contributed by atoms with E-state index in [9.17, 15) is 0 Å². The van der Waals surface area contributed by atoms with Crippen LogP contribution in [0.3, 0.4) is 0 Å². The van der Waals surface area contributed by atoms with Crippen LogP contribution in [0.1, 0.15) is 31.9 Å². The molecule has 1 aromatic carbocycles. The van der Waals surface area contributed by atoms with E-state index in [2.05, 4.69) is 61.0 Å². The van der Waals surface area contributed by atoms with Crippen molar-refractivity contribution in [3.63, 3.8) is 0 Å². The Bertz CT molecular complexity index is 310. The molecule has 90 valence electrons. The lowest BCUT2D eigenvalue weighted by atomic mass is 10.1. The van der Waals surface area contributed by atoms with Gasteiger partial charge in [-0.25, -0.2) is 0 Å². The Kier molecular flexibility index (Phi) is 5.50. The molecule has 0 fully saturated rings. The van der Waals surface area contributed by atoms with Crippen LogP contribution in [0.15, 0.2) is 24.3 Å². The maximum atomic E-state index is 3.57. The standard InChI is InChI=1S/C14H23BrN/c1-4-16(5-2,6-3)12-14-10-8-7-9-13(14)11-15/h7-10H,4-6,11-12H2,1-3H3/q+1. The van der Waals surface area contributed by atoms with E-state index in [4.69, 9.17) is 0 Å². The highest BCUT2D eigenvalue weighted by Gasteiger charge is 2.22. The van der Waals surface area contributed by atoms with E-state index in [0.717, 1.165) is 11.9 Å². The van der Waals surface area contributed by atoms with Crippen molar-refractivity contribution in [2.24, 2.45) is 0 Å². The van der Waals surface area contributed by atoms with Crippen LogP contribution in [0.5, 0.6) is 0 Å². The van der Waals surface area contributed by atoms with Crippen LogP contribution in [0.4, 0.5) is 0 Å². The molecule has 0 bridgehead atoms. The minimum absolute atomic E-state index is 0.959. The van der Waals surface area contributed by atoms with Crippen LogP contribution >= 0.6 is 15.9 Å². The van der Waals surface area contributed by atoms with E-state index in [1.54, 1.807) is 0 Å². The van der Waals surface area contributed by atoms with E-state index in [1.807, 2.05) is 0 Å². The van der Waals surface area contributed by atoms with Crippen LogP contribution in [0, 0.1) is 0 Å². The molecule has 16 heavy (non-hydrogen) atoms. The third-order valence-corrected chi connectivity index (χ3v) is 4.38. The minimum atomic E-state index is 0.959. The maximum Gasteiger partial charge on any atom is 0.105 e. The molecule has 0 unspecified atom stereocenters. The summed E-state index contributed by atoms with van der Waals surface area (Å²) in [5.74, 6) is 0. The van der Waals surface area contributed by atoms with E-state index >= 15 is 0 Å². The molecule has 2 heteroatoms. The van der Waals surface area contributed by atoms with Gasteiger partial charge in [-0.2, -0.15) is 0 Å². The van der Waals surface area contributed by atoms with Gasteiger partial charge in [0.1, 0.15) is 6.54 Å². The molecule has 0 N–H and O–H groups in total. The summed E-state index contributed by atoms with van der Waals surface area (Å²) >= 11 is 3.57. The van der Waals surface area contributed by atoms with Crippen LogP contribution in [-0.2, 0) is 11.9 Å². The second-order valence-corrected chi connectivity index (χ2v) is 4.91. The number of rotatable bonds is 6. The van der Waals surface area contributed by atoms with Gasteiger partial charge in [0.05, 0.1) is 19.6 Å². The van der Waals surface area contributed by atoms with Gasteiger partial charge in [-0.3, -0.25) is 0 Å². The fraction of sp³-hybridized carbons (Fsp3) is 0.571. The van der Waals surface area contributed by atoms with E-state index in [-0.39, 0.29) is 0 Å². The Morgan fingerprint density at radius 1 is 0.938 bits per heavy atom. The molecule has 0 aliphatic heterocycles. The van der Waals surface area contributed by atoms with Gasteiger partial charge in [-0.05, 0) is 26.3 Å². The van der Waals surface area contributed by atoms with Crippen molar-refractivity contribution >= 4 is 15.9 Å². The third kappa shape index (κ3) is 3.08. The summed E-state index contributed by atoms with van der Waals surface area (Å²) in [6.07, 6.45) is 0. The summed E-state index contributed by atoms with van der Waals surface area (Å²) in [5.41, 5.74) is 2.92. The predicted octanol–water partition coefficient (Wildman–Crippen LogP) is 3.96. The van der Waals surface area contributed by atoms with Crippen LogP contribution < -0.4 is 0 Å². The SMILES string of the molecule is CC[N+](CC)(CC)Cc1ccccc1CBr. The predicted molar refractivity (Wildman–Crippen MR) is 74.7 cm³/mol. The molecule has 0 amide bonds. The zero-order valence-electron chi connectivity index (χ0n) is 10.7. The largest absolute Gasteiger partial charge is 0.321 e. The molecule has 1 rings (SSSR count). The fourth-order valence-electron chi connectivity index (χ4n) is 2.21. The highest BCUT2D eigenvalue weighted by atomic mass is 79.9. The number of quaternary nitrogens is 1. The lowest BCUT2D eigenvalue weighted by Crippen LogP contribution is -2.46. The van der Waals surface area contributed by atoms with Crippen LogP contribution in [-0.4, -0.2) is 24.1 Å². The van der Waals surface area contributed by atoms with E-state index in [1.165, 1.54) is 35.2 Å². The quantitative estimate of drug-likeness (QED) is 0.548. The molecule has 0 spiro atoms. The Balaban J connectivity index is 2.93. The molecule has 0 saturated heterocycles. The van der Waals surface area contributed by atoms with Gasteiger partial charge in [0.25, 0.3) is 0 Å². The number of hydrogen-bond acceptors (Lipinski definition) is 0. The zero-order valence-corrected chi connectivity index (χ0v) is 12.3. The Hall–Kier alpha value is -0.340. The summed E-state index contributed by atoms with van der Waals surface area (Å²) in [6, 6.07) is 8.76. The van der Waals surface area contributed by atoms with Gasteiger partial charge in [0.2, 0.25) is 0 Å². The lowest BCUT2D eigenvalue weighted by Gasteiger charge is -2.36. The first-order valence-electron chi connectivity index (χ1n) is 6.19. The summed E-state index contributed by atoms with van der Waals surface area (Å²) in [4.78, 5) is 0. The van der Waals surface area contributed by atoms with Crippen LogP contribution in [0.2, 0.25) is 0 Å². The lowest BCUT2D eigenvalue weighted by molar-refractivity contribution is -0.936. The van der Waals surface area contributed by atoms with Crippen molar-refractivity contribution in [2.75, 3.05) is 19.6 Å². The summed E-state index contributed by atoms with van der Waals surface area (Å²) < 4.78 is 1.18. The Morgan fingerprint density at radius 3 is 1.88 bits per heavy atom. The molecule has 1 nitrogen and oxygen atoms in total. The molecule has 0 saturated carbocycles. The number of alkyl halides is 1. The monoisotopic (exact) mass is 284 g/mol. The molecule has 0 aromatic heterocycles. The second-order valence-electron chi connectivity index (χ2n) is 4.35. The first kappa shape index (κ1) is 13.7. The molecule has 0 heterocycles. The van der Waals surface area contributed by atoms with Gasteiger partial charge >= 0.3 is 0 Å². The van der Waals surface area contributed by atoms with Gasteiger partial charge in [0.15, 0.2) is 0 Å². The number of hydrogen-bond donors (Lipinski definition) is 0. The molecule has 0 atom stereocenters. The average molecular weight is 285 g/mol. The van der Waals surface area contributed by atoms with Crippen molar-refractivity contribution in [3.8, 4) is 0 Å². The number of benzene rings is 1. The molecule has 0 aliphatic rings. The Labute approximate surface area is 108 Å². The minimum Gasteiger partial charge on any atom is -0.321 e. The molecule has 0 aliphatic carbocycles. The highest BCUT2D eigenvalue weighted by molar-refractivity contribution is 9.08. The van der Waals surface area contributed by atoms with Crippen molar-refractivity contribution in [1.82, 2.24) is 0 Å². The number of nitrogens with zero attached hydrogens (tertiary/aromatic N) is 1. The van der Waals surface area contributed by atoms with Crippen molar-refractivity contribution in [2.45, 2.75) is 32.6 Å². The summed E-state index contributed by atoms with van der Waals surface area (Å²) in [7, 11) is 0. The average Bonchev–Trinajstić information content (AvgIpc) is 2.36. The molecule has 0 radical (unpaired) electrons. The van der Waals surface area contributed by atoms with E-state index < -0.39 is 0 Å². The normalized spacial score (nSPS) is 11.8. The third-order valence-electron chi connectivity index (χ3n) is 3.78. The molecular formula is C14H23BrN+. The summed E-state index contributed by atoms with van der Waals surface area (Å²) in [6.45, 7) is 11.7. The first-order valence-corrected chi connectivity index (χ1v) is 7.31. The topological polar surface area (TPSA) is 0 Å². The van der Waals surface area contributed by atoms with Gasteiger partial charge < -0.3 is 4.48 Å². The fourth-order valence-corrected chi connectivity index (χ4v) is 2.76. The highest BCUT2D eigenvalue weighted by Crippen LogP contribution is 2.19. The van der Waals surface area contributed by atoms with Crippen molar-refractivity contribution < 1.29 is 4.48 Å². The zero-order chi connectivity index (χ0) is 12.0. The second kappa shape index (κ2) is 6.41. The number of halogens is 1. The van der Waals surface area contributed by atoms with Crippen molar-refractivity contribution in [3.05, 3.63) is 35.4 Å². The molecule has 1 aromatic rings. The van der Waals surface area contributed by atoms with Gasteiger partial charge in [0, 0.05) is 10.9 Å². The van der Waals surface area contributed by atoms with Gasteiger partial charge in [-0.1, -0.05) is 40.2 Å². The van der Waals surface area contributed by atoms with Crippen molar-refractivity contribution in [1.29, 1.82) is 0 Å². The van der Waals surface area contributed by atoms with Gasteiger partial charge in [-0.15, -0.1) is 0 Å². The molecular weight excluding hydrogens is 262 g/mol. The van der Waals surface area contributed by atoms with E-state index in [0.29, 0.717) is 0 Å². The smallest absolute Gasteiger partial charge is 0.105 e. The maximum absolute atomic E-state index is 3.57. The first-order chi connectivity index (χ1) is 7.71. The summed E-state index contributed by atoms with van der Waals surface area (Å²) in [5, 5.41) is 0.959.